The van der Waals surface area contributed by atoms with Crippen molar-refractivity contribution in [2.24, 2.45) is 13.0 Å². The number of hydrogen-bond donors (Lipinski definition) is 1. The lowest BCUT2D eigenvalue weighted by Crippen LogP contribution is -2.18. The summed E-state index contributed by atoms with van der Waals surface area (Å²) in [6.07, 6.45) is 0.520. The van der Waals surface area contributed by atoms with Crippen LogP contribution in [0.3, 0.4) is 0 Å². The normalized spacial score (nSPS) is 15.2. The lowest BCUT2D eigenvalue weighted by molar-refractivity contribution is -0.141. The third-order valence-electron chi connectivity index (χ3n) is 5.05. The van der Waals surface area contributed by atoms with Crippen LogP contribution < -0.4 is 5.32 Å². The molecule has 4 nitrogen and oxygen atoms in total. The second kappa shape index (κ2) is 7.81. The minimum Gasteiger partial charge on any atom is -0.321 e. The lowest BCUT2D eigenvalue weighted by Gasteiger charge is -2.25. The Kier molecular flexibility index (Phi) is 5.63. The molecular weight excluding hydrogens is 367 g/mol. The maximum Gasteiger partial charge on any atom is 0.435 e. The van der Waals surface area contributed by atoms with E-state index < -0.39 is 23.3 Å². The third kappa shape index (κ3) is 4.13. The van der Waals surface area contributed by atoms with Crippen molar-refractivity contribution in [3.8, 4) is 0 Å². The number of carbonyl (C=O) groups is 1. The molecule has 150 valence electrons. The molecule has 1 aliphatic rings. The molecule has 0 spiro atoms. The number of carbonyl (C=O) groups excluding carboxylic acids is 1. The molecule has 0 unspecified atom stereocenters. The molecule has 28 heavy (non-hydrogen) atoms. The van der Waals surface area contributed by atoms with Gasteiger partial charge in [0.05, 0.1) is 5.56 Å². The molecule has 2 aromatic rings. The first kappa shape index (κ1) is 20.2. The highest BCUT2D eigenvalue weighted by atomic mass is 19.4. The van der Waals surface area contributed by atoms with Crippen molar-refractivity contribution in [2.75, 3.05) is 5.32 Å². The zero-order valence-electron chi connectivity index (χ0n) is 16.2. The summed E-state index contributed by atoms with van der Waals surface area (Å²) in [5, 5.41) is 6.10. The number of para-hydroxylation sites is 1. The van der Waals surface area contributed by atoms with Crippen molar-refractivity contribution in [2.45, 2.75) is 45.7 Å². The Morgan fingerprint density at radius 3 is 2.54 bits per heavy atom. The van der Waals surface area contributed by atoms with Crippen LogP contribution in [0.4, 0.5) is 18.9 Å². The van der Waals surface area contributed by atoms with Gasteiger partial charge in [0, 0.05) is 24.5 Å². The zero-order valence-corrected chi connectivity index (χ0v) is 16.2. The van der Waals surface area contributed by atoms with Crippen LogP contribution in [-0.2, 0) is 13.2 Å². The van der Waals surface area contributed by atoms with Crippen molar-refractivity contribution in [1.29, 1.82) is 0 Å². The number of alkyl halides is 3. The Morgan fingerprint density at radius 2 is 1.86 bits per heavy atom. The number of anilines is 1. The molecule has 1 aromatic carbocycles. The van der Waals surface area contributed by atoms with E-state index in [0.717, 1.165) is 42.1 Å². The van der Waals surface area contributed by atoms with Crippen molar-refractivity contribution in [3.05, 3.63) is 52.9 Å². The summed E-state index contributed by atoms with van der Waals surface area (Å²) < 4.78 is 40.6. The first-order chi connectivity index (χ1) is 13.2. The van der Waals surface area contributed by atoms with Gasteiger partial charge in [0.1, 0.15) is 0 Å². The second-order valence-electron chi connectivity index (χ2n) is 7.43. The average Bonchev–Trinajstić information content (AvgIpc) is 3.04. The monoisotopic (exact) mass is 391 g/mol. The molecule has 1 amide bonds. The van der Waals surface area contributed by atoms with E-state index in [1.54, 1.807) is 12.1 Å². The van der Waals surface area contributed by atoms with Gasteiger partial charge in [-0.25, -0.2) is 0 Å². The van der Waals surface area contributed by atoms with Crippen LogP contribution in [0, 0.1) is 5.92 Å². The highest BCUT2D eigenvalue weighted by molar-refractivity contribution is 6.06. The standard InChI is InChI=1S/C21H24F3N3O/c1-13(2)14-8-4-5-9-15(14)16-10-6-7-11-18(16)25-20(28)17-12-27(3)26-19(17)21(22,23)24/h6-7,10-13H,4-5,8-9H2,1-3H3,(H,25,28). The highest BCUT2D eigenvalue weighted by Gasteiger charge is 2.39. The molecule has 1 N–H and O–H groups in total. The van der Waals surface area contributed by atoms with Crippen LogP contribution in [0.25, 0.3) is 5.57 Å². The number of benzene rings is 1. The number of rotatable bonds is 4. The van der Waals surface area contributed by atoms with Gasteiger partial charge in [-0.2, -0.15) is 18.3 Å². The molecule has 0 atom stereocenters. The molecule has 0 radical (unpaired) electrons. The largest absolute Gasteiger partial charge is 0.435 e. The number of aromatic nitrogens is 2. The molecular formula is C21H24F3N3O. The smallest absolute Gasteiger partial charge is 0.321 e. The summed E-state index contributed by atoms with van der Waals surface area (Å²) in [6, 6.07) is 7.31. The Labute approximate surface area is 162 Å². The number of allylic oxidation sites excluding steroid dienone is 2. The van der Waals surface area contributed by atoms with Gasteiger partial charge in [-0.3, -0.25) is 9.48 Å². The third-order valence-corrected chi connectivity index (χ3v) is 5.05. The van der Waals surface area contributed by atoms with Crippen molar-refractivity contribution >= 4 is 17.2 Å². The molecule has 1 aliphatic carbocycles. The van der Waals surface area contributed by atoms with Gasteiger partial charge in [0.2, 0.25) is 0 Å². The predicted octanol–water partition coefficient (Wildman–Crippen LogP) is 5.67. The topological polar surface area (TPSA) is 46.9 Å². The summed E-state index contributed by atoms with van der Waals surface area (Å²) in [4.78, 5) is 12.7. The molecule has 0 bridgehead atoms. The molecule has 0 fully saturated rings. The van der Waals surface area contributed by atoms with Crippen LogP contribution in [0.1, 0.15) is 61.1 Å². The van der Waals surface area contributed by atoms with E-state index in [9.17, 15) is 18.0 Å². The Bertz CT molecular complexity index is 910. The Balaban J connectivity index is 1.98. The van der Waals surface area contributed by atoms with E-state index in [0.29, 0.717) is 11.6 Å². The molecule has 7 heteroatoms. The number of nitrogens with zero attached hydrogens (tertiary/aromatic N) is 2. The minimum absolute atomic E-state index is 0.384. The predicted molar refractivity (Wildman–Crippen MR) is 103 cm³/mol. The Morgan fingerprint density at radius 1 is 1.18 bits per heavy atom. The van der Waals surface area contributed by atoms with Crippen molar-refractivity contribution < 1.29 is 18.0 Å². The Hall–Kier alpha value is -2.57. The first-order valence-corrected chi connectivity index (χ1v) is 9.42. The summed E-state index contributed by atoms with van der Waals surface area (Å²) in [5.41, 5.74) is 2.30. The van der Waals surface area contributed by atoms with E-state index in [-0.39, 0.29) is 0 Å². The van der Waals surface area contributed by atoms with E-state index in [2.05, 4.69) is 24.3 Å². The van der Waals surface area contributed by atoms with Gasteiger partial charge in [0.15, 0.2) is 5.69 Å². The van der Waals surface area contributed by atoms with Crippen LogP contribution >= 0.6 is 0 Å². The number of aryl methyl sites for hydroxylation is 1. The van der Waals surface area contributed by atoms with E-state index >= 15 is 0 Å². The van der Waals surface area contributed by atoms with Gasteiger partial charge in [-0.1, -0.05) is 37.6 Å². The number of nitrogens with one attached hydrogen (secondary N) is 1. The lowest BCUT2D eigenvalue weighted by atomic mass is 9.82. The van der Waals surface area contributed by atoms with Crippen molar-refractivity contribution in [3.63, 3.8) is 0 Å². The van der Waals surface area contributed by atoms with E-state index in [4.69, 9.17) is 0 Å². The molecule has 1 aromatic heterocycles. The molecule has 1 heterocycles. The first-order valence-electron chi connectivity index (χ1n) is 9.42. The van der Waals surface area contributed by atoms with Gasteiger partial charge in [-0.05, 0) is 43.2 Å². The van der Waals surface area contributed by atoms with Gasteiger partial charge in [-0.15, -0.1) is 0 Å². The molecule has 0 aliphatic heterocycles. The SMILES string of the molecule is CC(C)C1=C(c2ccccc2NC(=O)c2cn(C)nc2C(F)(F)F)CCCC1. The van der Waals surface area contributed by atoms with Crippen LogP contribution in [0.5, 0.6) is 0 Å². The maximum atomic E-state index is 13.2. The summed E-state index contributed by atoms with van der Waals surface area (Å²) in [5.74, 6) is -0.426. The zero-order chi connectivity index (χ0) is 20.5. The molecule has 3 rings (SSSR count). The second-order valence-corrected chi connectivity index (χ2v) is 7.43. The quantitative estimate of drug-likeness (QED) is 0.729. The average molecular weight is 391 g/mol. The van der Waals surface area contributed by atoms with Gasteiger partial charge >= 0.3 is 6.18 Å². The maximum absolute atomic E-state index is 13.2. The van der Waals surface area contributed by atoms with E-state index in [1.807, 2.05) is 12.1 Å². The van der Waals surface area contributed by atoms with Gasteiger partial charge in [0.25, 0.3) is 5.91 Å². The number of hydrogen-bond acceptors (Lipinski definition) is 2. The minimum atomic E-state index is -4.69. The fourth-order valence-electron chi connectivity index (χ4n) is 3.78. The summed E-state index contributed by atoms with van der Waals surface area (Å²) in [6.45, 7) is 4.29. The molecule has 0 saturated heterocycles. The highest BCUT2D eigenvalue weighted by Crippen LogP contribution is 2.39. The fourth-order valence-corrected chi connectivity index (χ4v) is 3.78. The summed E-state index contributed by atoms with van der Waals surface area (Å²) >= 11 is 0. The van der Waals surface area contributed by atoms with Crippen LogP contribution in [0.2, 0.25) is 0 Å². The molecule has 0 saturated carbocycles. The fraction of sp³-hybridized carbons (Fsp3) is 0.429. The van der Waals surface area contributed by atoms with Crippen LogP contribution in [0.15, 0.2) is 36.0 Å². The number of halogens is 3. The van der Waals surface area contributed by atoms with Crippen molar-refractivity contribution in [1.82, 2.24) is 9.78 Å². The van der Waals surface area contributed by atoms with E-state index in [1.165, 1.54) is 18.2 Å². The summed E-state index contributed by atoms with van der Waals surface area (Å²) in [7, 11) is 1.36. The van der Waals surface area contributed by atoms with Crippen LogP contribution in [-0.4, -0.2) is 15.7 Å². The van der Waals surface area contributed by atoms with Gasteiger partial charge < -0.3 is 5.32 Å². The number of amides is 1.